The summed E-state index contributed by atoms with van der Waals surface area (Å²) in [5.74, 6) is 0.738. The monoisotopic (exact) mass is 232 g/mol. The molecule has 0 aliphatic carbocycles. The van der Waals surface area contributed by atoms with E-state index in [1.54, 1.807) is 0 Å². The molecule has 0 saturated heterocycles. The molecule has 0 aliphatic heterocycles. The van der Waals surface area contributed by atoms with Crippen LogP contribution in [0.25, 0.3) is 0 Å². The van der Waals surface area contributed by atoms with Crippen molar-refractivity contribution in [2.75, 3.05) is 6.61 Å². The molecular formula is C10H10Cl2O2. The maximum atomic E-state index is 10.3. The quantitative estimate of drug-likeness (QED) is 0.577. The Balaban J connectivity index is 2.32. The van der Waals surface area contributed by atoms with E-state index in [1.165, 1.54) is 0 Å². The van der Waals surface area contributed by atoms with Crippen LogP contribution in [0.1, 0.15) is 6.42 Å². The van der Waals surface area contributed by atoms with Gasteiger partial charge in [0.05, 0.1) is 6.61 Å². The van der Waals surface area contributed by atoms with Gasteiger partial charge in [-0.05, 0) is 12.1 Å². The molecule has 0 aliphatic rings. The summed E-state index contributed by atoms with van der Waals surface area (Å²) in [7, 11) is 0. The Labute approximate surface area is 92.8 Å². The van der Waals surface area contributed by atoms with Crippen LogP contribution < -0.4 is 4.74 Å². The fourth-order valence-corrected chi connectivity index (χ4v) is 1.03. The lowest BCUT2D eigenvalue weighted by Crippen LogP contribution is -2.18. The minimum absolute atomic E-state index is 0.272. The molecule has 0 bridgehead atoms. The first kappa shape index (κ1) is 11.3. The van der Waals surface area contributed by atoms with E-state index in [0.29, 0.717) is 12.9 Å². The van der Waals surface area contributed by atoms with Gasteiger partial charge in [-0.2, -0.15) is 0 Å². The molecule has 0 atom stereocenters. The summed E-state index contributed by atoms with van der Waals surface area (Å²) in [6.45, 7) is 0.315. The highest BCUT2D eigenvalue weighted by molar-refractivity contribution is 6.55. The van der Waals surface area contributed by atoms with Gasteiger partial charge in [-0.1, -0.05) is 41.4 Å². The van der Waals surface area contributed by atoms with Crippen molar-refractivity contribution < 1.29 is 9.53 Å². The van der Waals surface area contributed by atoms with Crippen LogP contribution in [0.3, 0.4) is 0 Å². The Hall–Kier alpha value is -0.730. The highest BCUT2D eigenvalue weighted by Gasteiger charge is 2.22. The van der Waals surface area contributed by atoms with Gasteiger partial charge in [0.1, 0.15) is 5.75 Å². The summed E-state index contributed by atoms with van der Waals surface area (Å²) in [4.78, 5) is 10.3. The second kappa shape index (κ2) is 5.23. The fraction of sp³-hybridized carbons (Fsp3) is 0.300. The van der Waals surface area contributed by atoms with E-state index < -0.39 is 4.33 Å². The SMILES string of the molecule is O=CC(Cl)(Cl)CCOc1ccccc1. The number of para-hydroxylation sites is 1. The lowest BCUT2D eigenvalue weighted by Gasteiger charge is -2.12. The van der Waals surface area contributed by atoms with Gasteiger partial charge >= 0.3 is 0 Å². The van der Waals surface area contributed by atoms with E-state index in [9.17, 15) is 4.79 Å². The van der Waals surface area contributed by atoms with Crippen LogP contribution in [0.5, 0.6) is 5.75 Å². The molecule has 0 saturated carbocycles. The number of halogens is 2. The standard InChI is InChI=1S/C10H10Cl2O2/c11-10(12,8-13)6-7-14-9-4-2-1-3-5-9/h1-5,8H,6-7H2. The molecule has 0 amide bonds. The van der Waals surface area contributed by atoms with Crippen molar-refractivity contribution in [3.63, 3.8) is 0 Å². The number of alkyl halides is 2. The smallest absolute Gasteiger partial charge is 0.176 e. The molecule has 2 nitrogen and oxygen atoms in total. The summed E-state index contributed by atoms with van der Waals surface area (Å²) in [5, 5.41) is 0. The molecule has 0 fully saturated rings. The number of benzene rings is 1. The van der Waals surface area contributed by atoms with Crippen molar-refractivity contribution in [2.24, 2.45) is 0 Å². The third-order valence-electron chi connectivity index (χ3n) is 1.62. The van der Waals surface area contributed by atoms with Crippen molar-refractivity contribution in [1.82, 2.24) is 0 Å². The molecule has 0 spiro atoms. The van der Waals surface area contributed by atoms with Crippen molar-refractivity contribution in [2.45, 2.75) is 10.8 Å². The zero-order valence-electron chi connectivity index (χ0n) is 7.45. The zero-order valence-corrected chi connectivity index (χ0v) is 8.96. The Kier molecular flexibility index (Phi) is 4.23. The van der Waals surface area contributed by atoms with Gasteiger partial charge in [0.2, 0.25) is 0 Å². The first-order chi connectivity index (χ1) is 6.64. The Morgan fingerprint density at radius 3 is 2.50 bits per heavy atom. The molecule has 76 valence electrons. The van der Waals surface area contributed by atoms with Crippen LogP contribution in [-0.4, -0.2) is 17.2 Å². The van der Waals surface area contributed by atoms with Crippen LogP contribution in [-0.2, 0) is 4.79 Å². The first-order valence-electron chi connectivity index (χ1n) is 4.16. The van der Waals surface area contributed by atoms with Crippen LogP contribution in [0.15, 0.2) is 30.3 Å². The zero-order chi connectivity index (χ0) is 10.4. The number of carbonyl (C=O) groups is 1. The number of ether oxygens (including phenoxy) is 1. The maximum Gasteiger partial charge on any atom is 0.176 e. The Bertz CT molecular complexity index is 285. The lowest BCUT2D eigenvalue weighted by atomic mass is 10.3. The van der Waals surface area contributed by atoms with Crippen molar-refractivity contribution in [3.8, 4) is 5.75 Å². The third kappa shape index (κ3) is 3.99. The van der Waals surface area contributed by atoms with Gasteiger partial charge in [0.25, 0.3) is 0 Å². The van der Waals surface area contributed by atoms with Gasteiger partial charge in [-0.3, -0.25) is 0 Å². The number of hydrogen-bond acceptors (Lipinski definition) is 2. The van der Waals surface area contributed by atoms with Gasteiger partial charge in [-0.15, -0.1) is 0 Å². The van der Waals surface area contributed by atoms with Crippen molar-refractivity contribution >= 4 is 29.5 Å². The first-order valence-corrected chi connectivity index (χ1v) is 4.92. The molecule has 0 unspecified atom stereocenters. The number of rotatable bonds is 5. The summed E-state index contributed by atoms with van der Waals surface area (Å²) in [6, 6.07) is 9.27. The predicted octanol–water partition coefficient (Wildman–Crippen LogP) is 2.83. The van der Waals surface area contributed by atoms with Gasteiger partial charge < -0.3 is 9.53 Å². The average Bonchev–Trinajstić information content (AvgIpc) is 2.19. The predicted molar refractivity (Wildman–Crippen MR) is 57.1 cm³/mol. The van der Waals surface area contributed by atoms with Crippen LogP contribution in [0.2, 0.25) is 0 Å². The maximum absolute atomic E-state index is 10.3. The van der Waals surface area contributed by atoms with E-state index in [0.717, 1.165) is 5.75 Å². The van der Waals surface area contributed by atoms with E-state index >= 15 is 0 Å². The molecule has 1 rings (SSSR count). The molecule has 0 radical (unpaired) electrons. The summed E-state index contributed by atoms with van der Waals surface area (Å²) >= 11 is 11.2. The number of aldehydes is 1. The third-order valence-corrected chi connectivity index (χ3v) is 2.18. The fourth-order valence-electron chi connectivity index (χ4n) is 0.881. The van der Waals surface area contributed by atoms with Gasteiger partial charge in [0, 0.05) is 6.42 Å². The van der Waals surface area contributed by atoms with Crippen molar-refractivity contribution in [1.29, 1.82) is 0 Å². The molecule has 0 heterocycles. The van der Waals surface area contributed by atoms with E-state index in [-0.39, 0.29) is 6.42 Å². The van der Waals surface area contributed by atoms with Crippen LogP contribution >= 0.6 is 23.2 Å². The van der Waals surface area contributed by atoms with Crippen LogP contribution in [0, 0.1) is 0 Å². The second-order valence-corrected chi connectivity index (χ2v) is 4.33. The van der Waals surface area contributed by atoms with E-state index in [1.807, 2.05) is 30.3 Å². The second-order valence-electron chi connectivity index (χ2n) is 2.79. The topological polar surface area (TPSA) is 26.3 Å². The van der Waals surface area contributed by atoms with Gasteiger partial charge in [0.15, 0.2) is 10.6 Å². The molecule has 0 N–H and O–H groups in total. The van der Waals surface area contributed by atoms with Gasteiger partial charge in [-0.25, -0.2) is 0 Å². The largest absolute Gasteiger partial charge is 0.493 e. The molecular weight excluding hydrogens is 223 g/mol. The minimum atomic E-state index is -1.34. The summed E-state index contributed by atoms with van der Waals surface area (Å²) in [6.07, 6.45) is 0.777. The normalized spacial score (nSPS) is 11.0. The highest BCUT2D eigenvalue weighted by atomic mass is 35.5. The Morgan fingerprint density at radius 2 is 1.93 bits per heavy atom. The summed E-state index contributed by atoms with van der Waals surface area (Å²) < 4.78 is 3.98. The molecule has 4 heteroatoms. The molecule has 1 aromatic rings. The van der Waals surface area contributed by atoms with Crippen LogP contribution in [0.4, 0.5) is 0 Å². The molecule has 14 heavy (non-hydrogen) atoms. The summed E-state index contributed by atoms with van der Waals surface area (Å²) in [5.41, 5.74) is 0. The Morgan fingerprint density at radius 1 is 1.29 bits per heavy atom. The molecule has 0 aromatic heterocycles. The number of carbonyl (C=O) groups excluding carboxylic acids is 1. The van der Waals surface area contributed by atoms with E-state index in [2.05, 4.69) is 0 Å². The minimum Gasteiger partial charge on any atom is -0.493 e. The number of hydrogen-bond donors (Lipinski definition) is 0. The lowest BCUT2D eigenvalue weighted by molar-refractivity contribution is -0.108. The van der Waals surface area contributed by atoms with Crippen molar-refractivity contribution in [3.05, 3.63) is 30.3 Å². The highest BCUT2D eigenvalue weighted by Crippen LogP contribution is 2.22. The van der Waals surface area contributed by atoms with E-state index in [4.69, 9.17) is 27.9 Å². The molecule has 1 aromatic carbocycles. The average molecular weight is 233 g/mol.